The highest BCUT2D eigenvalue weighted by Crippen LogP contribution is 2.19. The average molecular weight is 358 g/mol. The molecular weight excluding hydrogens is 332 g/mol. The van der Waals surface area contributed by atoms with Crippen molar-refractivity contribution in [3.8, 4) is 11.3 Å². The molecule has 0 radical (unpaired) electrons. The molecule has 0 aliphatic rings. The van der Waals surface area contributed by atoms with Crippen molar-refractivity contribution in [2.45, 2.75) is 19.8 Å². The van der Waals surface area contributed by atoms with E-state index in [9.17, 15) is 4.79 Å². The van der Waals surface area contributed by atoms with Gasteiger partial charge in [-0.05, 0) is 31.4 Å². The van der Waals surface area contributed by atoms with Crippen molar-refractivity contribution >= 4 is 11.8 Å². The molecule has 0 fully saturated rings. The second-order valence-corrected chi connectivity index (χ2v) is 6.15. The molecule has 3 N–H and O–H groups in total. The van der Waals surface area contributed by atoms with E-state index >= 15 is 0 Å². The Hall–Kier alpha value is -2.51. The van der Waals surface area contributed by atoms with Crippen molar-refractivity contribution < 1.29 is 15.0 Å². The van der Waals surface area contributed by atoms with Gasteiger partial charge in [0.2, 0.25) is 0 Å². The molecule has 0 atom stereocenters. The van der Waals surface area contributed by atoms with Gasteiger partial charge in [-0.1, -0.05) is 30.3 Å². The SMILES string of the molecule is Cc1cc(-c2ccccc2)nnc1NCCCN(CCCO)CC(=O)O. The van der Waals surface area contributed by atoms with E-state index in [1.807, 2.05) is 48.2 Å². The zero-order chi connectivity index (χ0) is 18.8. The largest absolute Gasteiger partial charge is 0.480 e. The van der Waals surface area contributed by atoms with Crippen LogP contribution in [0.5, 0.6) is 0 Å². The van der Waals surface area contributed by atoms with Crippen LogP contribution in [-0.4, -0.2) is 64.1 Å². The van der Waals surface area contributed by atoms with E-state index < -0.39 is 5.97 Å². The predicted molar refractivity (Wildman–Crippen MR) is 101 cm³/mol. The minimum Gasteiger partial charge on any atom is -0.480 e. The number of aliphatic carboxylic acids is 1. The Kier molecular flexibility index (Phi) is 7.98. The summed E-state index contributed by atoms with van der Waals surface area (Å²) in [6.07, 6.45) is 1.35. The van der Waals surface area contributed by atoms with Gasteiger partial charge in [-0.3, -0.25) is 9.69 Å². The third-order valence-electron chi connectivity index (χ3n) is 3.99. The molecule has 2 rings (SSSR count). The highest BCUT2D eigenvalue weighted by atomic mass is 16.4. The maximum atomic E-state index is 10.9. The molecule has 0 aliphatic heterocycles. The van der Waals surface area contributed by atoms with Gasteiger partial charge in [-0.15, -0.1) is 10.2 Å². The number of aliphatic hydroxyl groups excluding tert-OH is 1. The molecule has 7 nitrogen and oxygen atoms in total. The normalized spacial score (nSPS) is 10.9. The van der Waals surface area contributed by atoms with Crippen LogP contribution in [-0.2, 0) is 4.79 Å². The van der Waals surface area contributed by atoms with Crippen LogP contribution in [0.15, 0.2) is 36.4 Å². The van der Waals surface area contributed by atoms with Gasteiger partial charge in [-0.2, -0.15) is 0 Å². The van der Waals surface area contributed by atoms with Gasteiger partial charge in [0.1, 0.15) is 0 Å². The highest BCUT2D eigenvalue weighted by molar-refractivity contribution is 5.69. The summed E-state index contributed by atoms with van der Waals surface area (Å²) in [7, 11) is 0. The molecule has 140 valence electrons. The first-order valence-electron chi connectivity index (χ1n) is 8.78. The van der Waals surface area contributed by atoms with Crippen LogP contribution in [0.4, 0.5) is 5.82 Å². The zero-order valence-corrected chi connectivity index (χ0v) is 15.1. The maximum absolute atomic E-state index is 10.9. The Morgan fingerprint density at radius 3 is 2.54 bits per heavy atom. The van der Waals surface area contributed by atoms with Crippen molar-refractivity contribution in [1.82, 2.24) is 15.1 Å². The molecule has 2 aromatic rings. The first-order chi connectivity index (χ1) is 12.6. The molecule has 0 aliphatic carbocycles. The lowest BCUT2D eigenvalue weighted by Gasteiger charge is -2.19. The molecule has 7 heteroatoms. The lowest BCUT2D eigenvalue weighted by molar-refractivity contribution is -0.138. The smallest absolute Gasteiger partial charge is 0.317 e. The number of aromatic nitrogens is 2. The third-order valence-corrected chi connectivity index (χ3v) is 3.99. The van der Waals surface area contributed by atoms with E-state index in [-0.39, 0.29) is 13.2 Å². The molecule has 0 saturated carbocycles. The van der Waals surface area contributed by atoms with Crippen LogP contribution in [0.1, 0.15) is 18.4 Å². The first-order valence-corrected chi connectivity index (χ1v) is 8.78. The van der Waals surface area contributed by atoms with E-state index in [2.05, 4.69) is 15.5 Å². The van der Waals surface area contributed by atoms with Gasteiger partial charge in [0, 0.05) is 31.8 Å². The fourth-order valence-corrected chi connectivity index (χ4v) is 2.67. The second-order valence-electron chi connectivity index (χ2n) is 6.15. The number of hydrogen-bond acceptors (Lipinski definition) is 6. The Balaban J connectivity index is 1.84. The van der Waals surface area contributed by atoms with Crippen LogP contribution in [0.2, 0.25) is 0 Å². The van der Waals surface area contributed by atoms with Crippen molar-refractivity contribution in [2.24, 2.45) is 0 Å². The van der Waals surface area contributed by atoms with Crippen molar-refractivity contribution in [3.63, 3.8) is 0 Å². The minimum absolute atomic E-state index is 0.00932. The number of nitrogens with zero attached hydrogens (tertiary/aromatic N) is 3. The summed E-state index contributed by atoms with van der Waals surface area (Å²) >= 11 is 0. The Morgan fingerprint density at radius 1 is 1.15 bits per heavy atom. The Morgan fingerprint density at radius 2 is 1.88 bits per heavy atom. The number of aliphatic hydroxyl groups is 1. The van der Waals surface area contributed by atoms with Gasteiger partial charge in [-0.25, -0.2) is 0 Å². The summed E-state index contributed by atoms with van der Waals surface area (Å²) in [6, 6.07) is 11.9. The maximum Gasteiger partial charge on any atom is 0.317 e. The fraction of sp³-hybridized carbons (Fsp3) is 0.421. The van der Waals surface area contributed by atoms with E-state index in [1.165, 1.54) is 0 Å². The minimum atomic E-state index is -0.853. The van der Waals surface area contributed by atoms with Crippen molar-refractivity contribution in [1.29, 1.82) is 0 Å². The quantitative estimate of drug-likeness (QED) is 0.529. The second kappa shape index (κ2) is 10.5. The number of carboxylic acid groups (broad SMARTS) is 1. The summed E-state index contributed by atoms with van der Waals surface area (Å²) in [5.41, 5.74) is 2.88. The topological polar surface area (TPSA) is 98.6 Å². The Labute approximate surface area is 153 Å². The number of rotatable bonds is 11. The molecule has 0 saturated heterocycles. The van der Waals surface area contributed by atoms with Gasteiger partial charge in [0.05, 0.1) is 12.2 Å². The lowest BCUT2D eigenvalue weighted by Crippen LogP contribution is -2.33. The standard InChI is InChI=1S/C19H26N4O3/c1-15-13-17(16-7-3-2-4-8-16)21-22-19(15)20-9-5-10-23(11-6-12-24)14-18(25)26/h2-4,7-8,13,24H,5-6,9-12,14H2,1H3,(H,20,22)(H,25,26). The molecular formula is C19H26N4O3. The molecule has 0 unspecified atom stereocenters. The number of anilines is 1. The van der Waals surface area contributed by atoms with Crippen molar-refractivity contribution in [3.05, 3.63) is 42.0 Å². The van der Waals surface area contributed by atoms with E-state index in [0.29, 0.717) is 26.1 Å². The average Bonchev–Trinajstić information content (AvgIpc) is 2.64. The summed E-state index contributed by atoms with van der Waals surface area (Å²) in [5.74, 6) is -0.112. The number of aryl methyl sites for hydroxylation is 1. The third kappa shape index (κ3) is 6.42. The molecule has 0 spiro atoms. The predicted octanol–water partition coefficient (Wildman–Crippen LogP) is 2.02. The molecule has 1 aromatic carbocycles. The fourth-order valence-electron chi connectivity index (χ4n) is 2.67. The number of hydrogen-bond donors (Lipinski definition) is 3. The van der Waals surface area contributed by atoms with Gasteiger partial charge in [0.15, 0.2) is 5.82 Å². The van der Waals surface area contributed by atoms with E-state index in [0.717, 1.165) is 29.1 Å². The first kappa shape index (κ1) is 19.8. The summed E-state index contributed by atoms with van der Waals surface area (Å²) < 4.78 is 0. The molecule has 0 amide bonds. The number of carbonyl (C=O) groups is 1. The van der Waals surface area contributed by atoms with Crippen LogP contribution in [0.3, 0.4) is 0 Å². The van der Waals surface area contributed by atoms with E-state index in [1.54, 1.807) is 0 Å². The van der Waals surface area contributed by atoms with Crippen molar-refractivity contribution in [2.75, 3.05) is 38.1 Å². The van der Waals surface area contributed by atoms with Crippen LogP contribution in [0, 0.1) is 6.92 Å². The number of nitrogens with one attached hydrogen (secondary N) is 1. The van der Waals surface area contributed by atoms with Gasteiger partial charge in [0.25, 0.3) is 0 Å². The van der Waals surface area contributed by atoms with Gasteiger partial charge >= 0.3 is 5.97 Å². The van der Waals surface area contributed by atoms with Gasteiger partial charge < -0.3 is 15.5 Å². The summed E-state index contributed by atoms with van der Waals surface area (Å²) in [4.78, 5) is 12.7. The number of benzene rings is 1. The Bertz CT molecular complexity index is 694. The molecule has 1 heterocycles. The number of carboxylic acids is 1. The molecule has 1 aromatic heterocycles. The molecule has 0 bridgehead atoms. The summed E-state index contributed by atoms with van der Waals surface area (Å²) in [5, 5.41) is 29.6. The highest BCUT2D eigenvalue weighted by Gasteiger charge is 2.09. The van der Waals surface area contributed by atoms with Crippen LogP contribution >= 0.6 is 0 Å². The lowest BCUT2D eigenvalue weighted by atomic mass is 10.1. The van der Waals surface area contributed by atoms with Crippen LogP contribution in [0.25, 0.3) is 11.3 Å². The zero-order valence-electron chi connectivity index (χ0n) is 15.1. The van der Waals surface area contributed by atoms with Crippen LogP contribution < -0.4 is 5.32 Å². The van der Waals surface area contributed by atoms with E-state index in [4.69, 9.17) is 10.2 Å². The molecule has 26 heavy (non-hydrogen) atoms. The monoisotopic (exact) mass is 358 g/mol. The summed E-state index contributed by atoms with van der Waals surface area (Å²) in [6.45, 7) is 3.94.